The molecule has 1 aliphatic carbocycles. The van der Waals surface area contributed by atoms with Gasteiger partial charge >= 0.3 is 11.9 Å². The molecule has 1 saturated carbocycles. The average Bonchev–Trinajstić information content (AvgIpc) is 3.02. The number of alkyl halides is 1. The van der Waals surface area contributed by atoms with Crippen LogP contribution in [-0.4, -0.2) is 24.6 Å². The zero-order chi connectivity index (χ0) is 11.0. The zero-order valence-corrected chi connectivity index (χ0v) is 10.0. The molecule has 1 rings (SSSR count). The predicted molar refractivity (Wildman–Crippen MR) is 54.9 cm³/mol. The van der Waals surface area contributed by atoms with Crippen molar-refractivity contribution in [1.29, 1.82) is 0 Å². The quantitative estimate of drug-likeness (QED) is 0.445. The van der Waals surface area contributed by atoms with Crippen LogP contribution in [0.2, 0.25) is 0 Å². The van der Waals surface area contributed by atoms with Crippen LogP contribution in [0.1, 0.15) is 26.2 Å². The first-order valence-corrected chi connectivity index (χ1v) is 5.56. The maximum absolute atomic E-state index is 10.8. The highest BCUT2D eigenvalue weighted by Gasteiger charge is 2.22. The Bertz CT molecular complexity index is 188. The molecule has 1 aliphatic rings. The van der Waals surface area contributed by atoms with E-state index in [1.54, 1.807) is 0 Å². The maximum Gasteiger partial charge on any atom is 0.320 e. The first-order chi connectivity index (χ1) is 6.63. The highest BCUT2D eigenvalue weighted by Crippen LogP contribution is 2.14. The van der Waals surface area contributed by atoms with Gasteiger partial charge in [0.15, 0.2) is 5.92 Å². The molecule has 1 atom stereocenters. The normalized spacial score (nSPS) is 14.5. The van der Waals surface area contributed by atoms with Gasteiger partial charge in [0.2, 0.25) is 0 Å². The van der Waals surface area contributed by atoms with E-state index in [-0.39, 0.29) is 5.52 Å². The summed E-state index contributed by atoms with van der Waals surface area (Å²) in [5.74, 6) is -2.03. The van der Waals surface area contributed by atoms with Crippen molar-refractivity contribution in [2.45, 2.75) is 26.2 Å². The van der Waals surface area contributed by atoms with Gasteiger partial charge in [0.25, 0.3) is 0 Å². The van der Waals surface area contributed by atoms with E-state index in [0.29, 0.717) is 0 Å². The van der Waals surface area contributed by atoms with E-state index in [0.717, 1.165) is 0 Å². The minimum absolute atomic E-state index is 0.0904. The second-order valence-corrected chi connectivity index (χ2v) is 3.34. The summed E-state index contributed by atoms with van der Waals surface area (Å²) in [5, 5.41) is 0. The molecule has 0 saturated heterocycles. The largest absolute Gasteiger partial charge is 0.468 e. The van der Waals surface area contributed by atoms with Crippen molar-refractivity contribution in [2.75, 3.05) is 12.6 Å². The number of halogens is 1. The molecular weight excluding hydrogens is 252 g/mol. The molecule has 1 fully saturated rings. The van der Waals surface area contributed by atoms with Crippen LogP contribution in [-0.2, 0) is 19.1 Å². The molecule has 0 N–H and O–H groups in total. The van der Waals surface area contributed by atoms with E-state index in [4.69, 9.17) is 0 Å². The van der Waals surface area contributed by atoms with Crippen molar-refractivity contribution in [3.63, 3.8) is 0 Å². The van der Waals surface area contributed by atoms with Crippen LogP contribution in [0.3, 0.4) is 0 Å². The Labute approximate surface area is 92.1 Å². The number of methoxy groups -OCH3 is 1. The Balaban J connectivity index is 0.000000469. The van der Waals surface area contributed by atoms with Gasteiger partial charge in [-0.1, -0.05) is 19.3 Å². The van der Waals surface area contributed by atoms with E-state index >= 15 is 0 Å². The Morgan fingerprint density at radius 3 is 2.07 bits per heavy atom. The summed E-state index contributed by atoms with van der Waals surface area (Å²) >= 11 is 2.89. The summed E-state index contributed by atoms with van der Waals surface area (Å²) < 4.78 is 8.83. The lowest BCUT2D eigenvalue weighted by atomic mass is 10.2. The summed E-state index contributed by atoms with van der Waals surface area (Å²) in [6.45, 7) is 1.43. The van der Waals surface area contributed by atoms with Crippen molar-refractivity contribution in [2.24, 2.45) is 5.92 Å². The van der Waals surface area contributed by atoms with Gasteiger partial charge in [0.05, 0.1) is 7.11 Å². The third-order valence-corrected chi connectivity index (χ3v) is 1.69. The van der Waals surface area contributed by atoms with Crippen molar-refractivity contribution < 1.29 is 19.1 Å². The molecule has 0 aromatic rings. The molecular formula is C9H15BrO4. The molecule has 0 aromatic carbocycles. The van der Waals surface area contributed by atoms with E-state index < -0.39 is 17.9 Å². The van der Waals surface area contributed by atoms with Gasteiger partial charge in [0, 0.05) is 0 Å². The van der Waals surface area contributed by atoms with Crippen LogP contribution >= 0.6 is 15.9 Å². The third-order valence-electron chi connectivity index (χ3n) is 1.46. The summed E-state index contributed by atoms with van der Waals surface area (Å²) in [6.07, 6.45) is 4.50. The first kappa shape index (κ1) is 13.4. The van der Waals surface area contributed by atoms with Gasteiger partial charge in [-0.2, -0.15) is 0 Å². The highest BCUT2D eigenvalue weighted by atomic mass is 79.9. The number of carbonyl (C=O) groups excluding carboxylic acids is 2. The van der Waals surface area contributed by atoms with Crippen molar-refractivity contribution in [3.05, 3.63) is 0 Å². The molecule has 82 valence electrons. The number of carbonyl (C=O) groups is 2. The van der Waals surface area contributed by atoms with E-state index in [9.17, 15) is 9.59 Å². The molecule has 0 bridgehead atoms. The number of hydrogen-bond acceptors (Lipinski definition) is 4. The number of rotatable bonds is 3. The molecule has 5 heteroatoms. The molecule has 4 nitrogen and oxygen atoms in total. The Morgan fingerprint density at radius 1 is 1.29 bits per heavy atom. The minimum atomic E-state index is -0.849. The molecule has 0 aromatic heterocycles. The van der Waals surface area contributed by atoms with E-state index in [1.807, 2.05) is 0 Å². The van der Waals surface area contributed by atoms with Crippen LogP contribution in [0, 0.1) is 5.92 Å². The molecule has 0 heterocycles. The molecule has 0 spiro atoms. The molecule has 1 unspecified atom stereocenters. The lowest BCUT2D eigenvalue weighted by Crippen LogP contribution is -2.23. The fourth-order valence-electron chi connectivity index (χ4n) is 0.452. The monoisotopic (exact) mass is 266 g/mol. The summed E-state index contributed by atoms with van der Waals surface area (Å²) in [7, 11) is 1.22. The zero-order valence-electron chi connectivity index (χ0n) is 8.42. The van der Waals surface area contributed by atoms with Gasteiger partial charge < -0.3 is 9.47 Å². The Morgan fingerprint density at radius 2 is 1.79 bits per heavy atom. The molecule has 0 amide bonds. The smallest absolute Gasteiger partial charge is 0.320 e. The van der Waals surface area contributed by atoms with E-state index in [2.05, 4.69) is 25.4 Å². The van der Waals surface area contributed by atoms with Crippen LogP contribution in [0.25, 0.3) is 0 Å². The number of ether oxygens (including phenoxy) is 2. The number of esters is 2. The maximum atomic E-state index is 10.8. The first-order valence-electron chi connectivity index (χ1n) is 4.44. The van der Waals surface area contributed by atoms with Crippen molar-refractivity contribution in [3.8, 4) is 0 Å². The molecule has 0 radical (unpaired) electrons. The van der Waals surface area contributed by atoms with Gasteiger partial charge in [-0.25, -0.2) is 0 Å². The van der Waals surface area contributed by atoms with Crippen LogP contribution in [0.15, 0.2) is 0 Å². The second kappa shape index (κ2) is 7.79. The minimum Gasteiger partial charge on any atom is -0.468 e. The van der Waals surface area contributed by atoms with Crippen LogP contribution < -0.4 is 0 Å². The molecule has 14 heavy (non-hydrogen) atoms. The van der Waals surface area contributed by atoms with Crippen LogP contribution in [0.4, 0.5) is 0 Å². The Kier molecular flexibility index (Phi) is 7.47. The van der Waals surface area contributed by atoms with Crippen LogP contribution in [0.5, 0.6) is 0 Å². The third kappa shape index (κ3) is 6.88. The predicted octanol–water partition coefficient (Wildman–Crippen LogP) is 1.86. The van der Waals surface area contributed by atoms with E-state index in [1.165, 1.54) is 33.3 Å². The second-order valence-electron chi connectivity index (χ2n) is 2.88. The average molecular weight is 267 g/mol. The fourth-order valence-corrected chi connectivity index (χ4v) is 0.677. The highest BCUT2D eigenvalue weighted by molar-refractivity contribution is 9.09. The Hall–Kier alpha value is -0.580. The fraction of sp³-hybridized carbons (Fsp3) is 0.778. The van der Waals surface area contributed by atoms with Gasteiger partial charge in [-0.3, -0.25) is 9.59 Å². The van der Waals surface area contributed by atoms with Gasteiger partial charge in [-0.15, -0.1) is 0 Å². The summed E-state index contributed by atoms with van der Waals surface area (Å²) in [5.41, 5.74) is 0.0904. The summed E-state index contributed by atoms with van der Waals surface area (Å²) in [6, 6.07) is 0. The number of hydrogen-bond donors (Lipinski definition) is 0. The SMILES string of the molecule is C1CC1.COC(=O)C(C)C(=O)OCBr. The standard InChI is InChI=1S/C6H9BrO4.C3H6/c1-4(5(8)10-2)6(9)11-3-7;1-2-3-1/h4H,3H2,1-2H3;1-3H2. The lowest BCUT2D eigenvalue weighted by molar-refractivity contribution is -0.158. The van der Waals surface area contributed by atoms with Gasteiger partial charge in [-0.05, 0) is 22.9 Å². The van der Waals surface area contributed by atoms with Crippen molar-refractivity contribution >= 4 is 27.9 Å². The molecule has 0 aliphatic heterocycles. The lowest BCUT2D eigenvalue weighted by Gasteiger charge is -2.06. The topological polar surface area (TPSA) is 52.6 Å². The summed E-state index contributed by atoms with van der Waals surface area (Å²) in [4.78, 5) is 21.5. The van der Waals surface area contributed by atoms with Crippen molar-refractivity contribution in [1.82, 2.24) is 0 Å². The van der Waals surface area contributed by atoms with Gasteiger partial charge in [0.1, 0.15) is 5.52 Å².